The number of nitrogens with one attached hydrogen (secondary N) is 1. The summed E-state index contributed by atoms with van der Waals surface area (Å²) in [7, 11) is 0. The molecule has 1 N–H and O–H groups in total. The summed E-state index contributed by atoms with van der Waals surface area (Å²) in [6.45, 7) is 1.34. The number of rotatable bonds is 6. The van der Waals surface area contributed by atoms with Gasteiger partial charge >= 0.3 is 5.97 Å². The molecule has 1 saturated heterocycles. The second kappa shape index (κ2) is 9.13. The number of fused-ring (bicyclic) bond motifs is 1. The van der Waals surface area contributed by atoms with Crippen LogP contribution < -0.4 is 14.8 Å². The van der Waals surface area contributed by atoms with Crippen LogP contribution in [0, 0.1) is 5.92 Å². The van der Waals surface area contributed by atoms with Crippen LogP contribution in [0.1, 0.15) is 47.6 Å². The maximum Gasteiger partial charge on any atom is 0.338 e. The Balaban J connectivity index is 1.17. The highest BCUT2D eigenvalue weighted by Gasteiger charge is 2.32. The van der Waals surface area contributed by atoms with Crippen molar-refractivity contribution in [1.29, 1.82) is 0 Å². The van der Waals surface area contributed by atoms with Crippen LogP contribution in [0.2, 0.25) is 0 Å². The van der Waals surface area contributed by atoms with Gasteiger partial charge in [-0.25, -0.2) is 4.79 Å². The predicted molar refractivity (Wildman–Crippen MR) is 119 cm³/mol. The van der Waals surface area contributed by atoms with Crippen LogP contribution in [-0.4, -0.2) is 49.0 Å². The highest BCUT2D eigenvalue weighted by Crippen LogP contribution is 2.38. The molecule has 0 radical (unpaired) electrons. The molecule has 2 fully saturated rings. The zero-order valence-electron chi connectivity index (χ0n) is 18.2. The second-order valence-electron chi connectivity index (χ2n) is 8.57. The van der Waals surface area contributed by atoms with E-state index in [1.165, 1.54) is 0 Å². The number of nitrogens with zero attached hydrogens (tertiary/aromatic N) is 1. The average Bonchev–Trinajstić information content (AvgIpc) is 3.59. The van der Waals surface area contributed by atoms with Crippen LogP contribution in [-0.2, 0) is 14.3 Å². The molecule has 2 aromatic carbocycles. The third kappa shape index (κ3) is 4.79. The molecule has 172 valence electrons. The van der Waals surface area contributed by atoms with Crippen LogP contribution in [0.3, 0.4) is 0 Å². The van der Waals surface area contributed by atoms with E-state index in [2.05, 4.69) is 5.32 Å². The lowest BCUT2D eigenvalue weighted by Crippen LogP contribution is -2.34. The highest BCUT2D eigenvalue weighted by molar-refractivity contribution is 5.95. The largest absolute Gasteiger partial charge is 0.486 e. The SMILES string of the molecule is O=C(OCC(=O)N1CCCC1c1ccc2c(c1)OCCO2)c1ccc(NC(=O)C2CC2)cc1. The van der Waals surface area contributed by atoms with Crippen molar-refractivity contribution in [3.8, 4) is 11.5 Å². The average molecular weight is 450 g/mol. The first kappa shape index (κ1) is 21.3. The quantitative estimate of drug-likeness (QED) is 0.679. The van der Waals surface area contributed by atoms with Crippen molar-refractivity contribution in [3.63, 3.8) is 0 Å². The minimum Gasteiger partial charge on any atom is -0.486 e. The van der Waals surface area contributed by atoms with E-state index in [9.17, 15) is 14.4 Å². The van der Waals surface area contributed by atoms with Gasteiger partial charge in [0, 0.05) is 18.2 Å². The molecule has 2 aromatic rings. The predicted octanol–water partition coefficient (Wildman–Crippen LogP) is 3.33. The fraction of sp³-hybridized carbons (Fsp3) is 0.400. The number of esters is 1. The van der Waals surface area contributed by atoms with Crippen molar-refractivity contribution in [3.05, 3.63) is 53.6 Å². The second-order valence-corrected chi connectivity index (χ2v) is 8.57. The Morgan fingerprint density at radius 3 is 2.48 bits per heavy atom. The van der Waals surface area contributed by atoms with Gasteiger partial charge in [-0.05, 0) is 67.6 Å². The van der Waals surface area contributed by atoms with Crippen LogP contribution in [0.25, 0.3) is 0 Å². The molecule has 5 rings (SSSR count). The summed E-state index contributed by atoms with van der Waals surface area (Å²) in [5, 5.41) is 2.83. The third-order valence-electron chi connectivity index (χ3n) is 6.19. The molecule has 0 bridgehead atoms. The first-order chi connectivity index (χ1) is 16.1. The molecule has 0 aromatic heterocycles. The van der Waals surface area contributed by atoms with Crippen molar-refractivity contribution in [2.45, 2.75) is 31.7 Å². The summed E-state index contributed by atoms with van der Waals surface area (Å²) in [6, 6.07) is 12.2. The molecule has 1 aliphatic carbocycles. The first-order valence-corrected chi connectivity index (χ1v) is 11.4. The van der Waals surface area contributed by atoms with Crippen molar-refractivity contribution < 1.29 is 28.6 Å². The smallest absolute Gasteiger partial charge is 0.338 e. The Kier molecular flexibility index (Phi) is 5.90. The number of carbonyl (C=O) groups is 3. The number of hydrogen-bond acceptors (Lipinski definition) is 6. The van der Waals surface area contributed by atoms with E-state index in [0.717, 1.165) is 31.2 Å². The fourth-order valence-corrected chi connectivity index (χ4v) is 4.25. The Hall–Kier alpha value is -3.55. The van der Waals surface area contributed by atoms with E-state index >= 15 is 0 Å². The number of anilines is 1. The Morgan fingerprint density at radius 2 is 1.73 bits per heavy atom. The van der Waals surface area contributed by atoms with Crippen LogP contribution in [0.15, 0.2) is 42.5 Å². The van der Waals surface area contributed by atoms with Gasteiger partial charge in [0.25, 0.3) is 5.91 Å². The molecule has 8 nitrogen and oxygen atoms in total. The number of ether oxygens (including phenoxy) is 3. The van der Waals surface area contributed by atoms with Crippen LogP contribution in [0.5, 0.6) is 11.5 Å². The minimum atomic E-state index is -0.571. The van der Waals surface area contributed by atoms with Crippen LogP contribution in [0.4, 0.5) is 5.69 Å². The van der Waals surface area contributed by atoms with E-state index in [1.54, 1.807) is 29.2 Å². The van der Waals surface area contributed by atoms with Crippen molar-refractivity contribution in [2.75, 3.05) is 31.7 Å². The van der Waals surface area contributed by atoms with Gasteiger partial charge in [-0.15, -0.1) is 0 Å². The normalized spacial score (nSPS) is 19.2. The Morgan fingerprint density at radius 1 is 0.970 bits per heavy atom. The summed E-state index contributed by atoms with van der Waals surface area (Å²) in [6.07, 6.45) is 3.58. The molecule has 1 unspecified atom stereocenters. The lowest BCUT2D eigenvalue weighted by Gasteiger charge is -2.26. The Labute approximate surface area is 191 Å². The number of carbonyl (C=O) groups excluding carboxylic acids is 3. The molecule has 2 amide bonds. The van der Waals surface area contributed by atoms with Gasteiger partial charge in [0.1, 0.15) is 13.2 Å². The summed E-state index contributed by atoms with van der Waals surface area (Å²) in [5.41, 5.74) is 1.95. The summed E-state index contributed by atoms with van der Waals surface area (Å²) in [4.78, 5) is 38.9. The van der Waals surface area contributed by atoms with Gasteiger partial charge in [0.2, 0.25) is 5.91 Å². The van der Waals surface area contributed by atoms with Gasteiger partial charge in [0.05, 0.1) is 11.6 Å². The van der Waals surface area contributed by atoms with Gasteiger partial charge in [0.15, 0.2) is 18.1 Å². The summed E-state index contributed by atoms with van der Waals surface area (Å²) in [5.74, 6) is 0.730. The van der Waals surface area contributed by atoms with E-state index in [4.69, 9.17) is 14.2 Å². The topological polar surface area (TPSA) is 94.2 Å². The van der Waals surface area contributed by atoms with E-state index in [0.29, 0.717) is 42.5 Å². The summed E-state index contributed by atoms with van der Waals surface area (Å²) < 4.78 is 16.5. The lowest BCUT2D eigenvalue weighted by molar-refractivity contribution is -0.135. The van der Waals surface area contributed by atoms with E-state index in [1.807, 2.05) is 18.2 Å². The van der Waals surface area contributed by atoms with Crippen molar-refractivity contribution >= 4 is 23.5 Å². The molecule has 1 saturated carbocycles. The number of amides is 2. The van der Waals surface area contributed by atoms with Gasteiger partial charge < -0.3 is 24.4 Å². The zero-order chi connectivity index (χ0) is 22.8. The lowest BCUT2D eigenvalue weighted by atomic mass is 10.0. The van der Waals surface area contributed by atoms with Gasteiger partial charge in [-0.2, -0.15) is 0 Å². The minimum absolute atomic E-state index is 0.00843. The molecular formula is C25H26N2O6. The van der Waals surface area contributed by atoms with E-state index < -0.39 is 5.97 Å². The van der Waals surface area contributed by atoms with Gasteiger partial charge in [-0.1, -0.05) is 6.07 Å². The summed E-state index contributed by atoms with van der Waals surface area (Å²) >= 11 is 0. The maximum absolute atomic E-state index is 12.8. The molecule has 2 heterocycles. The fourth-order valence-electron chi connectivity index (χ4n) is 4.25. The van der Waals surface area contributed by atoms with Crippen LogP contribution >= 0.6 is 0 Å². The molecule has 2 aliphatic heterocycles. The number of hydrogen-bond donors (Lipinski definition) is 1. The monoisotopic (exact) mass is 450 g/mol. The standard InChI is InChI=1S/C25H26N2O6/c28-23(15-33-25(30)17-5-8-19(9-6-17)26-24(29)16-3-4-16)27-11-1-2-20(27)18-7-10-21-22(14-18)32-13-12-31-21/h5-10,14,16,20H,1-4,11-13,15H2,(H,26,29). The van der Waals surface area contributed by atoms with Gasteiger partial charge in [-0.3, -0.25) is 9.59 Å². The molecule has 8 heteroatoms. The van der Waals surface area contributed by atoms with Crippen molar-refractivity contribution in [2.24, 2.45) is 5.92 Å². The molecular weight excluding hydrogens is 424 g/mol. The maximum atomic E-state index is 12.8. The van der Waals surface area contributed by atoms with E-state index in [-0.39, 0.29) is 30.4 Å². The Bertz CT molecular complexity index is 1060. The molecule has 3 aliphatic rings. The highest BCUT2D eigenvalue weighted by atomic mass is 16.6. The first-order valence-electron chi connectivity index (χ1n) is 11.4. The molecule has 1 atom stereocenters. The molecule has 33 heavy (non-hydrogen) atoms. The number of benzene rings is 2. The van der Waals surface area contributed by atoms with Crippen molar-refractivity contribution in [1.82, 2.24) is 4.90 Å². The third-order valence-corrected chi connectivity index (χ3v) is 6.19. The molecule has 0 spiro atoms. The zero-order valence-corrected chi connectivity index (χ0v) is 18.2. The number of likely N-dealkylation sites (tertiary alicyclic amines) is 1.